The van der Waals surface area contributed by atoms with Crippen molar-refractivity contribution in [2.75, 3.05) is 27.2 Å². The first-order valence-electron chi connectivity index (χ1n) is 6.06. The van der Waals surface area contributed by atoms with E-state index in [2.05, 4.69) is 16.8 Å². The molecule has 0 aromatic heterocycles. The number of methoxy groups -OCH3 is 1. The number of hydrogen-bond donors (Lipinski definition) is 1. The SMILES string of the molecule is COc1ccc(CON)cc1OC1CCN(C)C1. The summed E-state index contributed by atoms with van der Waals surface area (Å²) < 4.78 is 11.3. The van der Waals surface area contributed by atoms with Gasteiger partial charge in [0.05, 0.1) is 13.7 Å². The maximum absolute atomic E-state index is 5.99. The van der Waals surface area contributed by atoms with Crippen LogP contribution in [0.15, 0.2) is 18.2 Å². The number of benzene rings is 1. The van der Waals surface area contributed by atoms with Crippen LogP contribution < -0.4 is 15.4 Å². The Labute approximate surface area is 107 Å². The topological polar surface area (TPSA) is 57.0 Å². The second kappa shape index (κ2) is 6.04. The first-order chi connectivity index (χ1) is 8.72. The number of nitrogens with zero attached hydrogens (tertiary/aromatic N) is 1. The molecule has 0 saturated carbocycles. The van der Waals surface area contributed by atoms with Crippen LogP contribution >= 0.6 is 0 Å². The normalized spacial score (nSPS) is 20.1. The van der Waals surface area contributed by atoms with Gasteiger partial charge in [-0.3, -0.25) is 4.84 Å². The highest BCUT2D eigenvalue weighted by Crippen LogP contribution is 2.30. The lowest BCUT2D eigenvalue weighted by Crippen LogP contribution is -2.21. The van der Waals surface area contributed by atoms with E-state index in [1.807, 2.05) is 18.2 Å². The van der Waals surface area contributed by atoms with Gasteiger partial charge in [-0.2, -0.15) is 0 Å². The average Bonchev–Trinajstić information content (AvgIpc) is 2.76. The van der Waals surface area contributed by atoms with Gasteiger partial charge in [-0.25, -0.2) is 5.90 Å². The molecule has 5 heteroatoms. The lowest BCUT2D eigenvalue weighted by atomic mass is 10.2. The van der Waals surface area contributed by atoms with Gasteiger partial charge >= 0.3 is 0 Å². The van der Waals surface area contributed by atoms with Crippen LogP contribution in [-0.2, 0) is 11.4 Å². The molecule has 0 radical (unpaired) electrons. The van der Waals surface area contributed by atoms with E-state index in [9.17, 15) is 0 Å². The summed E-state index contributed by atoms with van der Waals surface area (Å²) in [4.78, 5) is 6.89. The summed E-state index contributed by atoms with van der Waals surface area (Å²) in [5, 5.41) is 0. The molecule has 5 nitrogen and oxygen atoms in total. The average molecular weight is 252 g/mol. The predicted molar refractivity (Wildman–Crippen MR) is 68.5 cm³/mol. The molecule has 0 amide bonds. The smallest absolute Gasteiger partial charge is 0.162 e. The van der Waals surface area contributed by atoms with E-state index in [1.54, 1.807) is 7.11 Å². The summed E-state index contributed by atoms with van der Waals surface area (Å²) in [7, 11) is 3.74. The standard InChI is InChI=1S/C13H20N2O3/c1-15-6-5-11(8-15)18-13-7-10(9-17-14)3-4-12(13)16-2/h3-4,7,11H,5-6,8-9,14H2,1-2H3. The van der Waals surface area contributed by atoms with E-state index in [0.717, 1.165) is 36.6 Å². The second-order valence-corrected chi connectivity index (χ2v) is 4.59. The molecule has 1 atom stereocenters. The highest BCUT2D eigenvalue weighted by Gasteiger charge is 2.22. The van der Waals surface area contributed by atoms with Gasteiger partial charge in [0.15, 0.2) is 11.5 Å². The monoisotopic (exact) mass is 252 g/mol. The third-order valence-electron chi connectivity index (χ3n) is 3.12. The Morgan fingerprint density at radius 3 is 2.83 bits per heavy atom. The molecular weight excluding hydrogens is 232 g/mol. The third-order valence-corrected chi connectivity index (χ3v) is 3.12. The minimum atomic E-state index is 0.220. The summed E-state index contributed by atoms with van der Waals surface area (Å²) in [6, 6.07) is 5.71. The van der Waals surface area contributed by atoms with Gasteiger partial charge in [0, 0.05) is 13.1 Å². The summed E-state index contributed by atoms with van der Waals surface area (Å²) in [5.41, 5.74) is 0.972. The molecule has 1 aliphatic rings. The fourth-order valence-corrected chi connectivity index (χ4v) is 2.17. The molecule has 0 aliphatic carbocycles. The molecule has 1 aliphatic heterocycles. The van der Waals surface area contributed by atoms with E-state index < -0.39 is 0 Å². The van der Waals surface area contributed by atoms with Crippen molar-refractivity contribution in [2.45, 2.75) is 19.1 Å². The molecule has 2 N–H and O–H groups in total. The van der Waals surface area contributed by atoms with Crippen LogP contribution in [0.3, 0.4) is 0 Å². The van der Waals surface area contributed by atoms with Gasteiger partial charge in [-0.15, -0.1) is 0 Å². The Hall–Kier alpha value is -1.30. The molecule has 0 bridgehead atoms. The lowest BCUT2D eigenvalue weighted by Gasteiger charge is -2.17. The molecule has 2 rings (SSSR count). The van der Waals surface area contributed by atoms with Crippen molar-refractivity contribution in [3.05, 3.63) is 23.8 Å². The Morgan fingerprint density at radius 1 is 1.39 bits per heavy atom. The van der Waals surface area contributed by atoms with Crippen LogP contribution in [0.2, 0.25) is 0 Å². The van der Waals surface area contributed by atoms with Gasteiger partial charge in [0.25, 0.3) is 0 Å². The Kier molecular flexibility index (Phi) is 4.41. The van der Waals surface area contributed by atoms with Gasteiger partial charge in [-0.05, 0) is 31.2 Å². The minimum absolute atomic E-state index is 0.220. The molecule has 1 fully saturated rings. The van der Waals surface area contributed by atoms with E-state index in [4.69, 9.17) is 15.4 Å². The highest BCUT2D eigenvalue weighted by atomic mass is 16.6. The van der Waals surface area contributed by atoms with Crippen molar-refractivity contribution in [2.24, 2.45) is 5.90 Å². The molecule has 1 heterocycles. The van der Waals surface area contributed by atoms with Crippen LogP contribution in [0.25, 0.3) is 0 Å². The van der Waals surface area contributed by atoms with E-state index in [1.165, 1.54) is 0 Å². The van der Waals surface area contributed by atoms with Crippen molar-refractivity contribution in [1.82, 2.24) is 4.90 Å². The zero-order chi connectivity index (χ0) is 13.0. The van der Waals surface area contributed by atoms with Crippen LogP contribution in [0.1, 0.15) is 12.0 Å². The van der Waals surface area contributed by atoms with Crippen molar-refractivity contribution < 1.29 is 14.3 Å². The predicted octanol–water partition coefficient (Wildman–Crippen LogP) is 1.17. The first-order valence-corrected chi connectivity index (χ1v) is 6.06. The summed E-state index contributed by atoms with van der Waals surface area (Å²) in [5.74, 6) is 6.58. The van der Waals surface area contributed by atoms with E-state index in [-0.39, 0.29) is 6.10 Å². The minimum Gasteiger partial charge on any atom is -0.493 e. The van der Waals surface area contributed by atoms with Crippen molar-refractivity contribution in [1.29, 1.82) is 0 Å². The van der Waals surface area contributed by atoms with Crippen LogP contribution in [-0.4, -0.2) is 38.3 Å². The third kappa shape index (κ3) is 3.13. The number of ether oxygens (including phenoxy) is 2. The molecule has 0 spiro atoms. The van der Waals surface area contributed by atoms with Crippen LogP contribution in [0.5, 0.6) is 11.5 Å². The molecule has 1 unspecified atom stereocenters. The zero-order valence-electron chi connectivity index (χ0n) is 10.9. The number of rotatable bonds is 5. The maximum Gasteiger partial charge on any atom is 0.162 e. The number of likely N-dealkylation sites (N-methyl/N-ethyl adjacent to an activating group) is 1. The quantitative estimate of drug-likeness (QED) is 0.797. The summed E-state index contributed by atoms with van der Waals surface area (Å²) in [6.07, 6.45) is 1.26. The molecule has 1 aromatic rings. The summed E-state index contributed by atoms with van der Waals surface area (Å²) in [6.45, 7) is 2.38. The fourth-order valence-electron chi connectivity index (χ4n) is 2.17. The zero-order valence-corrected chi connectivity index (χ0v) is 10.9. The Morgan fingerprint density at radius 2 is 2.22 bits per heavy atom. The molecule has 18 heavy (non-hydrogen) atoms. The molecule has 100 valence electrons. The van der Waals surface area contributed by atoms with Gasteiger partial charge in [0.1, 0.15) is 6.10 Å². The highest BCUT2D eigenvalue weighted by molar-refractivity contribution is 5.43. The maximum atomic E-state index is 5.99. The summed E-state index contributed by atoms with van der Waals surface area (Å²) >= 11 is 0. The fraction of sp³-hybridized carbons (Fsp3) is 0.538. The van der Waals surface area contributed by atoms with Gasteiger partial charge in [-0.1, -0.05) is 6.07 Å². The lowest BCUT2D eigenvalue weighted by molar-refractivity contribution is 0.123. The van der Waals surface area contributed by atoms with Crippen LogP contribution in [0.4, 0.5) is 0 Å². The van der Waals surface area contributed by atoms with Crippen molar-refractivity contribution in [3.63, 3.8) is 0 Å². The van der Waals surface area contributed by atoms with E-state index in [0.29, 0.717) is 6.61 Å². The first kappa shape index (κ1) is 13.1. The Balaban J connectivity index is 2.11. The molecular formula is C13H20N2O3. The number of nitrogens with two attached hydrogens (primary N) is 1. The number of likely N-dealkylation sites (tertiary alicyclic amines) is 1. The largest absolute Gasteiger partial charge is 0.493 e. The van der Waals surface area contributed by atoms with E-state index >= 15 is 0 Å². The molecule has 1 aromatic carbocycles. The Bertz CT molecular complexity index is 398. The van der Waals surface area contributed by atoms with Gasteiger partial charge < -0.3 is 14.4 Å². The molecule has 1 saturated heterocycles. The van der Waals surface area contributed by atoms with Crippen molar-refractivity contribution in [3.8, 4) is 11.5 Å². The van der Waals surface area contributed by atoms with Gasteiger partial charge in [0.2, 0.25) is 0 Å². The van der Waals surface area contributed by atoms with Crippen LogP contribution in [0, 0.1) is 0 Å². The van der Waals surface area contributed by atoms with Crippen molar-refractivity contribution >= 4 is 0 Å². The number of hydrogen-bond acceptors (Lipinski definition) is 5. The second-order valence-electron chi connectivity index (χ2n) is 4.59.